The Kier molecular flexibility index (Phi) is 7.25. The molecule has 0 saturated heterocycles. The van der Waals surface area contributed by atoms with E-state index in [4.69, 9.17) is 4.74 Å². The van der Waals surface area contributed by atoms with E-state index in [-0.39, 0.29) is 12.0 Å². The molecule has 0 aromatic carbocycles. The molecule has 5 heteroatoms. The highest BCUT2D eigenvalue weighted by Gasteiger charge is 2.20. The van der Waals surface area contributed by atoms with Crippen molar-refractivity contribution in [1.82, 2.24) is 10.6 Å². The lowest BCUT2D eigenvalue weighted by Crippen LogP contribution is -2.40. The van der Waals surface area contributed by atoms with Crippen molar-refractivity contribution in [2.75, 3.05) is 26.2 Å². The van der Waals surface area contributed by atoms with E-state index in [9.17, 15) is 9.90 Å². The summed E-state index contributed by atoms with van der Waals surface area (Å²) < 4.78 is 5.11. The number of hydrogen-bond donors (Lipinski definition) is 3. The van der Waals surface area contributed by atoms with Gasteiger partial charge in [0.2, 0.25) is 0 Å². The normalized spacial score (nSPS) is 15.0. The van der Waals surface area contributed by atoms with Crippen molar-refractivity contribution in [3.63, 3.8) is 0 Å². The van der Waals surface area contributed by atoms with Gasteiger partial charge in [-0.25, -0.2) is 4.79 Å². The van der Waals surface area contributed by atoms with Gasteiger partial charge in [0.05, 0.1) is 0 Å². The van der Waals surface area contributed by atoms with Crippen molar-refractivity contribution >= 4 is 6.09 Å². The summed E-state index contributed by atoms with van der Waals surface area (Å²) in [6.07, 6.45) is 0.514. The molecule has 1 unspecified atom stereocenters. The smallest absolute Gasteiger partial charge is 0.407 e. The van der Waals surface area contributed by atoms with Gasteiger partial charge in [0, 0.05) is 31.7 Å². The number of alkyl carbamates (subject to hydrolysis) is 1. The molecule has 1 atom stereocenters. The number of carbonyl (C=O) groups excluding carboxylic acids is 1. The van der Waals surface area contributed by atoms with Crippen LogP contribution in [0.25, 0.3) is 0 Å². The minimum atomic E-state index is -0.463. The van der Waals surface area contributed by atoms with Gasteiger partial charge in [-0.05, 0) is 27.2 Å². The lowest BCUT2D eigenvalue weighted by Gasteiger charge is -2.26. The van der Waals surface area contributed by atoms with Gasteiger partial charge in [-0.1, -0.05) is 13.8 Å². The Bertz CT molecular complexity index is 245. The summed E-state index contributed by atoms with van der Waals surface area (Å²) in [5.74, 6) is 0. The van der Waals surface area contributed by atoms with Crippen LogP contribution in [0.4, 0.5) is 4.79 Å². The third-order valence-electron chi connectivity index (χ3n) is 2.76. The van der Waals surface area contributed by atoms with Crippen LogP contribution in [0.3, 0.4) is 0 Å². The molecule has 0 aromatic heterocycles. The Balaban J connectivity index is 3.66. The zero-order valence-electron chi connectivity index (χ0n) is 12.3. The van der Waals surface area contributed by atoms with E-state index in [2.05, 4.69) is 17.6 Å². The number of carbonyl (C=O) groups is 1. The maximum absolute atomic E-state index is 11.3. The number of amides is 1. The summed E-state index contributed by atoms with van der Waals surface area (Å²) in [5, 5.41) is 15.1. The molecule has 1 amide bonds. The first kappa shape index (κ1) is 17.2. The van der Waals surface area contributed by atoms with E-state index in [0.29, 0.717) is 13.1 Å². The van der Waals surface area contributed by atoms with Gasteiger partial charge in [0.1, 0.15) is 5.60 Å². The number of nitrogens with one attached hydrogen (secondary N) is 2. The van der Waals surface area contributed by atoms with Crippen molar-refractivity contribution in [3.8, 4) is 0 Å². The molecular weight excluding hydrogens is 232 g/mol. The third-order valence-corrected chi connectivity index (χ3v) is 2.76. The molecule has 0 spiro atoms. The SMILES string of the molecule is CCC(C)(CO)CNCCNC(=O)OC(C)(C)C. The second-order valence-electron chi connectivity index (χ2n) is 5.93. The monoisotopic (exact) mass is 260 g/mol. The summed E-state index contributed by atoms with van der Waals surface area (Å²) in [4.78, 5) is 11.3. The van der Waals surface area contributed by atoms with E-state index in [1.165, 1.54) is 0 Å². The molecule has 0 rings (SSSR count). The zero-order valence-corrected chi connectivity index (χ0v) is 12.3. The minimum Gasteiger partial charge on any atom is -0.444 e. The Morgan fingerprint density at radius 3 is 2.28 bits per heavy atom. The van der Waals surface area contributed by atoms with Crippen LogP contribution in [0.2, 0.25) is 0 Å². The van der Waals surface area contributed by atoms with Crippen LogP contribution in [0.15, 0.2) is 0 Å². The molecule has 108 valence electrons. The quantitative estimate of drug-likeness (QED) is 0.607. The predicted octanol–water partition coefficient (Wildman–Crippen LogP) is 1.51. The van der Waals surface area contributed by atoms with Crippen molar-refractivity contribution in [3.05, 3.63) is 0 Å². The molecule has 0 heterocycles. The number of aliphatic hydroxyl groups excluding tert-OH is 1. The van der Waals surface area contributed by atoms with E-state index in [1.807, 2.05) is 27.7 Å². The molecule has 5 nitrogen and oxygen atoms in total. The number of ether oxygens (including phenoxy) is 1. The standard InChI is InChI=1S/C13H28N2O3/c1-6-13(5,10-16)9-14-7-8-15-11(17)18-12(2,3)4/h14,16H,6-10H2,1-5H3,(H,15,17). The molecule has 0 saturated carbocycles. The fourth-order valence-corrected chi connectivity index (χ4v) is 1.25. The summed E-state index contributed by atoms with van der Waals surface area (Å²) >= 11 is 0. The Hall–Kier alpha value is -0.810. The van der Waals surface area contributed by atoms with E-state index >= 15 is 0 Å². The van der Waals surface area contributed by atoms with Crippen LogP contribution in [-0.2, 0) is 4.74 Å². The van der Waals surface area contributed by atoms with Crippen LogP contribution in [0.1, 0.15) is 41.0 Å². The molecule has 0 bridgehead atoms. The highest BCUT2D eigenvalue weighted by atomic mass is 16.6. The van der Waals surface area contributed by atoms with Crippen LogP contribution < -0.4 is 10.6 Å². The molecule has 0 aliphatic heterocycles. The summed E-state index contributed by atoms with van der Waals surface area (Å²) in [5.41, 5.74) is -0.554. The van der Waals surface area contributed by atoms with E-state index < -0.39 is 11.7 Å². The molecule has 18 heavy (non-hydrogen) atoms. The lowest BCUT2D eigenvalue weighted by molar-refractivity contribution is 0.0527. The van der Waals surface area contributed by atoms with Crippen LogP contribution in [0.5, 0.6) is 0 Å². The van der Waals surface area contributed by atoms with Gasteiger partial charge < -0.3 is 20.5 Å². The molecule has 0 fully saturated rings. The zero-order chi connectivity index (χ0) is 14.2. The topological polar surface area (TPSA) is 70.6 Å². The maximum Gasteiger partial charge on any atom is 0.407 e. The largest absolute Gasteiger partial charge is 0.444 e. The van der Waals surface area contributed by atoms with Crippen molar-refractivity contribution < 1.29 is 14.6 Å². The fourth-order valence-electron chi connectivity index (χ4n) is 1.25. The average molecular weight is 260 g/mol. The average Bonchev–Trinajstić information content (AvgIpc) is 2.26. The second kappa shape index (κ2) is 7.59. The van der Waals surface area contributed by atoms with Crippen LogP contribution in [-0.4, -0.2) is 43.0 Å². The van der Waals surface area contributed by atoms with Gasteiger partial charge in [-0.3, -0.25) is 0 Å². The molecule has 0 aromatic rings. The summed E-state index contributed by atoms with van der Waals surface area (Å²) in [6, 6.07) is 0. The highest BCUT2D eigenvalue weighted by molar-refractivity contribution is 5.67. The third kappa shape index (κ3) is 8.31. The lowest BCUT2D eigenvalue weighted by atomic mass is 9.89. The summed E-state index contributed by atoms with van der Waals surface area (Å²) in [7, 11) is 0. The fraction of sp³-hybridized carbons (Fsp3) is 0.923. The molecule has 0 radical (unpaired) electrons. The van der Waals surface area contributed by atoms with Crippen molar-refractivity contribution in [2.45, 2.75) is 46.6 Å². The molecule has 0 aliphatic carbocycles. The maximum atomic E-state index is 11.3. The molecular formula is C13H28N2O3. The molecule has 0 aliphatic rings. The highest BCUT2D eigenvalue weighted by Crippen LogP contribution is 2.17. The van der Waals surface area contributed by atoms with Gasteiger partial charge >= 0.3 is 6.09 Å². The number of rotatable bonds is 7. The summed E-state index contributed by atoms with van der Waals surface area (Å²) in [6.45, 7) is 11.6. The van der Waals surface area contributed by atoms with E-state index in [0.717, 1.165) is 13.0 Å². The van der Waals surface area contributed by atoms with Gasteiger partial charge in [0.25, 0.3) is 0 Å². The van der Waals surface area contributed by atoms with Crippen molar-refractivity contribution in [1.29, 1.82) is 0 Å². The number of aliphatic hydroxyl groups is 1. The second-order valence-corrected chi connectivity index (χ2v) is 5.93. The molecule has 3 N–H and O–H groups in total. The Morgan fingerprint density at radius 2 is 1.83 bits per heavy atom. The van der Waals surface area contributed by atoms with Gasteiger partial charge in [-0.15, -0.1) is 0 Å². The van der Waals surface area contributed by atoms with Gasteiger partial charge in [-0.2, -0.15) is 0 Å². The number of hydrogen-bond acceptors (Lipinski definition) is 4. The van der Waals surface area contributed by atoms with Gasteiger partial charge in [0.15, 0.2) is 0 Å². The Labute approximate surface area is 110 Å². The Morgan fingerprint density at radius 1 is 1.22 bits per heavy atom. The minimum absolute atomic E-state index is 0.0914. The van der Waals surface area contributed by atoms with Crippen LogP contribution in [0, 0.1) is 5.41 Å². The first-order valence-electron chi connectivity index (χ1n) is 6.51. The van der Waals surface area contributed by atoms with Crippen molar-refractivity contribution in [2.24, 2.45) is 5.41 Å². The van der Waals surface area contributed by atoms with E-state index in [1.54, 1.807) is 0 Å². The first-order valence-corrected chi connectivity index (χ1v) is 6.51. The van der Waals surface area contributed by atoms with Crippen LogP contribution >= 0.6 is 0 Å². The predicted molar refractivity (Wildman–Crippen MR) is 72.6 cm³/mol. The first-order chi connectivity index (χ1) is 8.22.